The first-order chi connectivity index (χ1) is 12.4. The highest BCUT2D eigenvalue weighted by Crippen LogP contribution is 2.50. The van der Waals surface area contributed by atoms with E-state index in [2.05, 4.69) is 4.98 Å². The van der Waals surface area contributed by atoms with Gasteiger partial charge in [-0.15, -0.1) is 0 Å². The quantitative estimate of drug-likeness (QED) is 0.777. The number of nitrogens with zero attached hydrogens (tertiary/aromatic N) is 2. The fourth-order valence-corrected chi connectivity index (χ4v) is 3.98. The lowest BCUT2D eigenvalue weighted by Gasteiger charge is -2.17. The third-order valence-electron chi connectivity index (χ3n) is 4.18. The maximum absolute atomic E-state index is 14.0. The zero-order chi connectivity index (χ0) is 20.2. The van der Waals surface area contributed by atoms with Gasteiger partial charge in [-0.25, -0.2) is 17.2 Å². The number of aliphatic hydroxyl groups is 1. The van der Waals surface area contributed by atoms with Crippen LogP contribution in [0.3, 0.4) is 0 Å². The molecule has 1 atom stereocenters. The Balaban J connectivity index is 2.33. The van der Waals surface area contributed by atoms with Gasteiger partial charge in [0.25, 0.3) is 15.8 Å². The molecule has 1 heterocycles. The Morgan fingerprint density at radius 3 is 2.52 bits per heavy atom. The molecule has 0 amide bonds. The monoisotopic (exact) mass is 404 g/mol. The van der Waals surface area contributed by atoms with E-state index in [1.807, 2.05) is 0 Å². The Hall–Kier alpha value is -2.58. The van der Waals surface area contributed by atoms with Crippen LogP contribution in [-0.4, -0.2) is 29.9 Å². The van der Waals surface area contributed by atoms with Crippen molar-refractivity contribution >= 4 is 9.84 Å². The van der Waals surface area contributed by atoms with E-state index >= 15 is 0 Å². The molecule has 1 aliphatic carbocycles. The maximum atomic E-state index is 14.0. The minimum Gasteiger partial charge on any atom is -0.382 e. The van der Waals surface area contributed by atoms with Crippen molar-refractivity contribution in [3.63, 3.8) is 0 Å². The molecule has 5 nitrogen and oxygen atoms in total. The summed E-state index contributed by atoms with van der Waals surface area (Å²) in [6.07, 6.45) is -1.49. The van der Waals surface area contributed by atoms with Gasteiger partial charge in [0.2, 0.25) is 0 Å². The number of benzene rings is 1. The summed E-state index contributed by atoms with van der Waals surface area (Å²) in [7, 11) is -5.96. The van der Waals surface area contributed by atoms with Crippen molar-refractivity contribution in [1.82, 2.24) is 4.98 Å². The zero-order valence-corrected chi connectivity index (χ0v) is 13.9. The van der Waals surface area contributed by atoms with E-state index in [0.29, 0.717) is 6.07 Å². The van der Waals surface area contributed by atoms with E-state index in [1.165, 1.54) is 18.5 Å². The lowest BCUT2D eigenvalue weighted by atomic mass is 9.97. The van der Waals surface area contributed by atoms with Crippen LogP contribution in [0.25, 0.3) is 11.1 Å². The molecule has 0 saturated carbocycles. The zero-order valence-electron chi connectivity index (χ0n) is 13.1. The topological polar surface area (TPSA) is 91.0 Å². The number of aliphatic hydroxyl groups excluding tert-OH is 1. The lowest BCUT2D eigenvalue weighted by molar-refractivity contribution is -0.0977. The number of aromatic nitrogens is 1. The van der Waals surface area contributed by atoms with Gasteiger partial charge in [-0.05, 0) is 23.3 Å². The summed E-state index contributed by atoms with van der Waals surface area (Å²) in [5.74, 6) is -3.85. The summed E-state index contributed by atoms with van der Waals surface area (Å²) in [4.78, 5) is 2.34. The van der Waals surface area contributed by atoms with Crippen molar-refractivity contribution in [3.8, 4) is 17.2 Å². The SMILES string of the molecule is N#Cc1cncc(-c2ccc(S(=O)(=O)C(F)(F)F)c3c2CC(F)(F)C3O)c1. The van der Waals surface area contributed by atoms with Crippen molar-refractivity contribution < 1.29 is 35.5 Å². The summed E-state index contributed by atoms with van der Waals surface area (Å²) in [5, 5.41) is 18.8. The summed E-state index contributed by atoms with van der Waals surface area (Å²) in [6.45, 7) is 0. The molecule has 1 aliphatic rings. The summed E-state index contributed by atoms with van der Waals surface area (Å²) < 4.78 is 90.4. The molecule has 3 rings (SSSR count). The predicted molar refractivity (Wildman–Crippen MR) is 81.2 cm³/mol. The predicted octanol–water partition coefficient (Wildman–Crippen LogP) is 3.14. The molecule has 1 aromatic heterocycles. The number of hydrogen-bond donors (Lipinski definition) is 1. The fourth-order valence-electron chi connectivity index (χ4n) is 2.95. The number of alkyl halides is 5. The second-order valence-corrected chi connectivity index (χ2v) is 7.78. The minimum absolute atomic E-state index is 0.0352. The molecule has 0 fully saturated rings. The number of halogens is 5. The van der Waals surface area contributed by atoms with Crippen LogP contribution in [0, 0.1) is 11.3 Å². The van der Waals surface area contributed by atoms with Gasteiger partial charge in [-0.3, -0.25) is 4.98 Å². The Morgan fingerprint density at radius 1 is 1.26 bits per heavy atom. The van der Waals surface area contributed by atoms with Gasteiger partial charge in [0.1, 0.15) is 12.2 Å². The molecule has 1 aromatic carbocycles. The van der Waals surface area contributed by atoms with Gasteiger partial charge >= 0.3 is 5.51 Å². The van der Waals surface area contributed by atoms with E-state index < -0.39 is 49.8 Å². The van der Waals surface area contributed by atoms with Gasteiger partial charge in [0.15, 0.2) is 0 Å². The molecule has 27 heavy (non-hydrogen) atoms. The van der Waals surface area contributed by atoms with Crippen LogP contribution >= 0.6 is 0 Å². The van der Waals surface area contributed by atoms with Crippen LogP contribution in [0.1, 0.15) is 22.8 Å². The van der Waals surface area contributed by atoms with Gasteiger partial charge in [-0.1, -0.05) is 6.07 Å². The number of fused-ring (bicyclic) bond motifs is 1. The molecular formula is C16H9F5N2O3S. The largest absolute Gasteiger partial charge is 0.501 e. The lowest BCUT2D eigenvalue weighted by Crippen LogP contribution is -2.26. The highest BCUT2D eigenvalue weighted by molar-refractivity contribution is 7.92. The molecule has 1 N–H and O–H groups in total. The van der Waals surface area contributed by atoms with Gasteiger partial charge in [-0.2, -0.15) is 18.4 Å². The Bertz CT molecular complexity index is 1070. The van der Waals surface area contributed by atoms with Crippen LogP contribution in [-0.2, 0) is 16.3 Å². The first-order valence-electron chi connectivity index (χ1n) is 7.28. The normalized spacial score (nSPS) is 18.8. The van der Waals surface area contributed by atoms with E-state index in [9.17, 15) is 35.5 Å². The number of pyridine rings is 1. The Labute approximate surface area is 149 Å². The van der Waals surface area contributed by atoms with Gasteiger partial charge in [0, 0.05) is 29.9 Å². The Morgan fingerprint density at radius 2 is 1.93 bits per heavy atom. The first kappa shape index (κ1) is 19.2. The van der Waals surface area contributed by atoms with Crippen LogP contribution in [0.2, 0.25) is 0 Å². The van der Waals surface area contributed by atoms with Crippen LogP contribution in [0.5, 0.6) is 0 Å². The van der Waals surface area contributed by atoms with Crippen molar-refractivity contribution in [2.45, 2.75) is 28.9 Å². The molecule has 0 aliphatic heterocycles. The smallest absolute Gasteiger partial charge is 0.382 e. The molecule has 0 radical (unpaired) electrons. The molecular weight excluding hydrogens is 395 g/mol. The highest BCUT2D eigenvalue weighted by atomic mass is 32.2. The molecule has 0 saturated heterocycles. The fraction of sp³-hybridized carbons (Fsp3) is 0.250. The Kier molecular flexibility index (Phi) is 4.24. The van der Waals surface area contributed by atoms with E-state index in [4.69, 9.17) is 5.26 Å². The third kappa shape index (κ3) is 2.94. The van der Waals surface area contributed by atoms with Crippen molar-refractivity contribution in [2.24, 2.45) is 0 Å². The second-order valence-electron chi connectivity index (χ2n) is 5.87. The summed E-state index contributed by atoms with van der Waals surface area (Å²) in [5.41, 5.74) is -6.98. The van der Waals surface area contributed by atoms with E-state index in [1.54, 1.807) is 6.07 Å². The highest BCUT2D eigenvalue weighted by Gasteiger charge is 2.54. The molecule has 142 valence electrons. The molecule has 0 spiro atoms. The van der Waals surface area contributed by atoms with E-state index in [0.717, 1.165) is 6.07 Å². The van der Waals surface area contributed by atoms with Crippen LogP contribution in [0.4, 0.5) is 22.0 Å². The number of nitriles is 1. The van der Waals surface area contributed by atoms with Gasteiger partial charge in [0.05, 0.1) is 10.5 Å². The average molecular weight is 404 g/mol. The van der Waals surface area contributed by atoms with Crippen molar-refractivity contribution in [3.05, 3.63) is 47.3 Å². The summed E-state index contributed by atoms with van der Waals surface area (Å²) >= 11 is 0. The van der Waals surface area contributed by atoms with Crippen LogP contribution < -0.4 is 0 Å². The number of hydrogen-bond acceptors (Lipinski definition) is 5. The number of sulfone groups is 1. The average Bonchev–Trinajstić information content (AvgIpc) is 2.83. The standard InChI is InChI=1S/C16H9F5N2O3S/c17-15(18)4-11-10(9-3-8(5-22)6-23-7-9)1-2-12(13(11)14(15)24)27(25,26)16(19,20)21/h1-3,6-7,14,24H,4H2. The maximum Gasteiger partial charge on any atom is 0.501 e. The molecule has 0 bridgehead atoms. The summed E-state index contributed by atoms with van der Waals surface area (Å²) in [6, 6.07) is 4.51. The van der Waals surface area contributed by atoms with Crippen molar-refractivity contribution in [2.75, 3.05) is 0 Å². The number of rotatable bonds is 2. The second kappa shape index (κ2) is 5.97. The minimum atomic E-state index is -5.96. The third-order valence-corrected chi connectivity index (χ3v) is 5.72. The van der Waals surface area contributed by atoms with Gasteiger partial charge < -0.3 is 5.11 Å². The van der Waals surface area contributed by atoms with E-state index in [-0.39, 0.29) is 16.7 Å². The molecule has 11 heteroatoms. The van der Waals surface area contributed by atoms with Crippen LogP contribution in [0.15, 0.2) is 35.5 Å². The first-order valence-corrected chi connectivity index (χ1v) is 8.77. The molecule has 1 unspecified atom stereocenters. The van der Waals surface area contributed by atoms with Crippen molar-refractivity contribution in [1.29, 1.82) is 5.26 Å². The molecule has 2 aromatic rings.